The second-order valence-electron chi connectivity index (χ2n) is 6.14. The molecule has 2 rings (SSSR count). The van der Waals surface area contributed by atoms with Gasteiger partial charge in [-0.05, 0) is 45.4 Å². The van der Waals surface area contributed by atoms with E-state index < -0.39 is 5.60 Å². The first-order valence-electron chi connectivity index (χ1n) is 6.06. The number of hydrogen-bond acceptors (Lipinski definition) is 3. The van der Waals surface area contributed by atoms with Crippen LogP contribution in [0.5, 0.6) is 0 Å². The van der Waals surface area contributed by atoms with Crippen molar-refractivity contribution in [3.05, 3.63) is 0 Å². The lowest BCUT2D eigenvalue weighted by Gasteiger charge is -2.33. The molecule has 1 heterocycles. The van der Waals surface area contributed by atoms with Gasteiger partial charge in [0.05, 0.1) is 0 Å². The number of nitrogens with zero attached hydrogens (tertiary/aromatic N) is 1. The van der Waals surface area contributed by atoms with Gasteiger partial charge in [-0.15, -0.1) is 12.4 Å². The van der Waals surface area contributed by atoms with E-state index in [2.05, 4.69) is 0 Å². The van der Waals surface area contributed by atoms with E-state index in [1.165, 1.54) is 0 Å². The maximum Gasteiger partial charge on any atom is 0.410 e. The number of nitrogens with two attached hydrogens (primary N) is 1. The molecule has 0 aromatic rings. The van der Waals surface area contributed by atoms with Crippen LogP contribution >= 0.6 is 12.4 Å². The molecule has 0 aromatic heterocycles. The Bertz CT molecular complexity index is 293. The summed E-state index contributed by atoms with van der Waals surface area (Å²) in [7, 11) is 0. The highest BCUT2D eigenvalue weighted by Gasteiger charge is 2.53. The van der Waals surface area contributed by atoms with Gasteiger partial charge in [-0.2, -0.15) is 0 Å². The van der Waals surface area contributed by atoms with Crippen LogP contribution in [0.2, 0.25) is 0 Å². The Kier molecular flexibility index (Phi) is 3.99. The van der Waals surface area contributed by atoms with Gasteiger partial charge >= 0.3 is 6.09 Å². The zero-order chi connectivity index (χ0) is 12.0. The van der Waals surface area contributed by atoms with Crippen LogP contribution in [0.15, 0.2) is 0 Å². The predicted octanol–water partition coefficient (Wildman–Crippen LogP) is 2.16. The van der Waals surface area contributed by atoms with Crippen molar-refractivity contribution in [2.45, 2.75) is 51.7 Å². The average molecular weight is 263 g/mol. The predicted molar refractivity (Wildman–Crippen MR) is 69.3 cm³/mol. The number of rotatable bonds is 0. The molecule has 0 bridgehead atoms. The van der Waals surface area contributed by atoms with Crippen molar-refractivity contribution < 1.29 is 9.53 Å². The molecule has 17 heavy (non-hydrogen) atoms. The van der Waals surface area contributed by atoms with Gasteiger partial charge in [0.15, 0.2) is 0 Å². The summed E-state index contributed by atoms with van der Waals surface area (Å²) >= 11 is 0. The van der Waals surface area contributed by atoms with E-state index in [0.29, 0.717) is 11.5 Å². The van der Waals surface area contributed by atoms with E-state index in [1.54, 1.807) is 0 Å². The fraction of sp³-hybridized carbons (Fsp3) is 0.917. The number of hydrogen-bond donors (Lipinski definition) is 1. The van der Waals surface area contributed by atoms with E-state index in [0.717, 1.165) is 32.4 Å². The van der Waals surface area contributed by atoms with Gasteiger partial charge in [0.25, 0.3) is 0 Å². The van der Waals surface area contributed by atoms with Crippen molar-refractivity contribution in [1.29, 1.82) is 0 Å². The maximum atomic E-state index is 11.8. The number of piperidine rings is 1. The summed E-state index contributed by atoms with van der Waals surface area (Å²) in [5.41, 5.74) is 5.88. The van der Waals surface area contributed by atoms with Gasteiger partial charge in [0.2, 0.25) is 0 Å². The van der Waals surface area contributed by atoms with E-state index in [1.807, 2.05) is 25.7 Å². The summed E-state index contributed by atoms with van der Waals surface area (Å²) in [5.74, 6) is 0. The van der Waals surface area contributed by atoms with Gasteiger partial charge in [-0.3, -0.25) is 0 Å². The number of carbonyl (C=O) groups excluding carboxylic acids is 1. The second kappa shape index (κ2) is 4.65. The molecule has 4 nitrogen and oxygen atoms in total. The Labute approximate surface area is 109 Å². The number of amides is 1. The van der Waals surface area contributed by atoms with Gasteiger partial charge in [-0.25, -0.2) is 4.79 Å². The second-order valence-corrected chi connectivity index (χ2v) is 6.14. The summed E-state index contributed by atoms with van der Waals surface area (Å²) in [5, 5.41) is 0. The summed E-state index contributed by atoms with van der Waals surface area (Å²) < 4.78 is 5.35. The van der Waals surface area contributed by atoms with Crippen LogP contribution in [0.1, 0.15) is 40.0 Å². The number of halogens is 1. The van der Waals surface area contributed by atoms with Crippen molar-refractivity contribution >= 4 is 18.5 Å². The summed E-state index contributed by atoms with van der Waals surface area (Å²) in [6.45, 7) is 7.28. The molecule has 2 N–H and O–H groups in total. The topological polar surface area (TPSA) is 55.6 Å². The van der Waals surface area contributed by atoms with Gasteiger partial charge in [0, 0.05) is 19.1 Å². The van der Waals surface area contributed by atoms with Crippen LogP contribution in [0.3, 0.4) is 0 Å². The standard InChI is InChI=1S/C12H22N2O2.ClH/c1-11(2,3)16-10(15)14-6-4-12(5-7-14)8-9(12)13;/h9H,4-8,13H2,1-3H3;1H/t9-;/m0./s1. The third kappa shape index (κ3) is 3.26. The minimum atomic E-state index is -0.401. The molecule has 1 aliphatic carbocycles. The van der Waals surface area contributed by atoms with Crippen LogP contribution in [-0.4, -0.2) is 35.7 Å². The van der Waals surface area contributed by atoms with Crippen molar-refractivity contribution in [2.75, 3.05) is 13.1 Å². The highest BCUT2D eigenvalue weighted by molar-refractivity contribution is 5.85. The largest absolute Gasteiger partial charge is 0.444 e. The van der Waals surface area contributed by atoms with Crippen LogP contribution in [-0.2, 0) is 4.74 Å². The molecule has 1 aliphatic heterocycles. The molecule has 2 fully saturated rings. The molecule has 2 aliphatic rings. The van der Waals surface area contributed by atoms with Crippen molar-refractivity contribution in [3.8, 4) is 0 Å². The molecule has 1 atom stereocenters. The zero-order valence-corrected chi connectivity index (χ0v) is 11.7. The van der Waals surface area contributed by atoms with Gasteiger partial charge in [-0.1, -0.05) is 0 Å². The van der Waals surface area contributed by atoms with Crippen LogP contribution in [0, 0.1) is 5.41 Å². The lowest BCUT2D eigenvalue weighted by Crippen LogP contribution is -2.43. The third-order valence-electron chi connectivity index (χ3n) is 3.66. The molecular weight excluding hydrogens is 240 g/mol. The fourth-order valence-corrected chi connectivity index (χ4v) is 2.42. The minimum Gasteiger partial charge on any atom is -0.444 e. The average Bonchev–Trinajstić information content (AvgIpc) is 2.74. The summed E-state index contributed by atoms with van der Waals surface area (Å²) in [6, 6.07) is 0.369. The molecule has 0 unspecified atom stereocenters. The first-order valence-corrected chi connectivity index (χ1v) is 6.06. The molecule has 1 spiro atoms. The smallest absolute Gasteiger partial charge is 0.410 e. The lowest BCUT2D eigenvalue weighted by molar-refractivity contribution is 0.0170. The van der Waals surface area contributed by atoms with E-state index in [9.17, 15) is 4.79 Å². The van der Waals surface area contributed by atoms with E-state index in [4.69, 9.17) is 10.5 Å². The van der Waals surface area contributed by atoms with Crippen molar-refractivity contribution in [3.63, 3.8) is 0 Å². The minimum absolute atomic E-state index is 0. The van der Waals surface area contributed by atoms with E-state index in [-0.39, 0.29) is 18.5 Å². The van der Waals surface area contributed by atoms with Crippen LogP contribution in [0.4, 0.5) is 4.79 Å². The molecular formula is C12H23ClN2O2. The van der Waals surface area contributed by atoms with Gasteiger partial charge in [0.1, 0.15) is 5.60 Å². The number of likely N-dealkylation sites (tertiary alicyclic amines) is 1. The third-order valence-corrected chi connectivity index (χ3v) is 3.66. The monoisotopic (exact) mass is 262 g/mol. The number of carbonyl (C=O) groups is 1. The Morgan fingerprint density at radius 2 is 1.82 bits per heavy atom. The van der Waals surface area contributed by atoms with E-state index >= 15 is 0 Å². The molecule has 100 valence electrons. The first kappa shape index (κ1) is 14.6. The number of ether oxygens (including phenoxy) is 1. The van der Waals surface area contributed by atoms with Crippen molar-refractivity contribution in [2.24, 2.45) is 11.1 Å². The van der Waals surface area contributed by atoms with Crippen LogP contribution < -0.4 is 5.73 Å². The molecule has 5 heteroatoms. The molecule has 1 saturated carbocycles. The normalized spacial score (nSPS) is 26.4. The highest BCUT2D eigenvalue weighted by Crippen LogP contribution is 2.52. The zero-order valence-electron chi connectivity index (χ0n) is 10.9. The summed E-state index contributed by atoms with van der Waals surface area (Å²) in [4.78, 5) is 13.6. The Morgan fingerprint density at radius 1 is 1.35 bits per heavy atom. The lowest BCUT2D eigenvalue weighted by atomic mass is 9.93. The summed E-state index contributed by atoms with van der Waals surface area (Å²) in [6.07, 6.45) is 3.02. The maximum absolute atomic E-state index is 11.8. The molecule has 1 amide bonds. The quantitative estimate of drug-likeness (QED) is 0.728. The highest BCUT2D eigenvalue weighted by atomic mass is 35.5. The SMILES string of the molecule is CC(C)(C)OC(=O)N1CCC2(CC1)C[C@@H]2N.Cl. The molecule has 0 radical (unpaired) electrons. The first-order chi connectivity index (χ1) is 7.32. The fourth-order valence-electron chi connectivity index (χ4n) is 2.42. The van der Waals surface area contributed by atoms with Crippen molar-refractivity contribution in [1.82, 2.24) is 4.90 Å². The Balaban J connectivity index is 0.00000144. The Hall–Kier alpha value is -0.480. The molecule has 0 aromatic carbocycles. The molecule has 1 saturated heterocycles. The van der Waals surface area contributed by atoms with Crippen LogP contribution in [0.25, 0.3) is 0 Å². The van der Waals surface area contributed by atoms with Gasteiger partial charge < -0.3 is 15.4 Å². The Morgan fingerprint density at radius 3 is 2.18 bits per heavy atom.